The largest absolute Gasteiger partial charge is 0.382 e. The lowest BCUT2D eigenvalue weighted by Gasteiger charge is -2.30. The molecule has 1 rings (SSSR count). The van der Waals surface area contributed by atoms with Gasteiger partial charge in [0.2, 0.25) is 10.0 Å². The van der Waals surface area contributed by atoms with Crippen molar-refractivity contribution in [1.29, 1.82) is 0 Å². The van der Waals surface area contributed by atoms with E-state index >= 15 is 0 Å². The molecule has 1 fully saturated rings. The minimum Gasteiger partial charge on any atom is -0.382 e. The van der Waals surface area contributed by atoms with Gasteiger partial charge in [-0.05, 0) is 38.5 Å². The molecule has 0 spiro atoms. The second-order valence-electron chi connectivity index (χ2n) is 5.89. The lowest BCUT2D eigenvalue weighted by Crippen LogP contribution is -2.44. The molecule has 0 saturated carbocycles. The molecule has 0 radical (unpaired) electrons. The Morgan fingerprint density at radius 2 is 1.96 bits per heavy atom. The molecular formula is C15H32N4O3S. The Hall–Kier alpha value is -0.860. The minimum atomic E-state index is -3.04. The zero-order valence-corrected chi connectivity index (χ0v) is 15.5. The predicted octanol–water partition coefficient (Wildman–Crippen LogP) is 0.640. The molecule has 1 aliphatic rings. The molecule has 0 amide bonds. The maximum Gasteiger partial charge on any atom is 0.211 e. The van der Waals surface area contributed by atoms with Crippen molar-refractivity contribution in [3.8, 4) is 0 Å². The van der Waals surface area contributed by atoms with Crippen molar-refractivity contribution < 1.29 is 13.2 Å². The quantitative estimate of drug-likeness (QED) is 0.363. The molecule has 0 aromatic carbocycles. The van der Waals surface area contributed by atoms with Gasteiger partial charge in [-0.25, -0.2) is 12.7 Å². The van der Waals surface area contributed by atoms with Crippen LogP contribution >= 0.6 is 0 Å². The van der Waals surface area contributed by atoms with Crippen LogP contribution in [0.4, 0.5) is 0 Å². The Bertz CT molecular complexity index is 446. The second kappa shape index (κ2) is 10.8. The molecule has 7 nitrogen and oxygen atoms in total. The van der Waals surface area contributed by atoms with Gasteiger partial charge in [-0.2, -0.15) is 0 Å². The summed E-state index contributed by atoms with van der Waals surface area (Å²) in [4.78, 5) is 4.22. The van der Waals surface area contributed by atoms with Gasteiger partial charge in [-0.1, -0.05) is 0 Å². The van der Waals surface area contributed by atoms with Crippen LogP contribution in [-0.2, 0) is 14.8 Å². The summed E-state index contributed by atoms with van der Waals surface area (Å²) in [5, 5.41) is 6.63. The van der Waals surface area contributed by atoms with Crippen LogP contribution < -0.4 is 10.6 Å². The Morgan fingerprint density at radius 1 is 1.26 bits per heavy atom. The van der Waals surface area contributed by atoms with E-state index in [1.165, 1.54) is 6.26 Å². The number of piperidine rings is 1. The standard InChI is InChI=1S/C15H32N4O3S/c1-4-22-12-6-5-9-17-15(16-2)18-13-14-7-10-19(11-8-14)23(3,20)21/h14H,4-13H2,1-3H3,(H2,16,17,18). The Labute approximate surface area is 140 Å². The molecule has 1 saturated heterocycles. The third-order valence-electron chi connectivity index (χ3n) is 4.04. The zero-order chi connectivity index (χ0) is 17.1. The number of ether oxygens (including phenoxy) is 1. The van der Waals surface area contributed by atoms with Crippen LogP contribution in [0.5, 0.6) is 0 Å². The van der Waals surface area contributed by atoms with E-state index in [9.17, 15) is 8.42 Å². The first-order valence-corrected chi connectivity index (χ1v) is 10.3. The van der Waals surface area contributed by atoms with E-state index in [0.29, 0.717) is 19.0 Å². The van der Waals surface area contributed by atoms with E-state index in [1.807, 2.05) is 6.92 Å². The Morgan fingerprint density at radius 3 is 2.52 bits per heavy atom. The average Bonchev–Trinajstić information content (AvgIpc) is 2.53. The van der Waals surface area contributed by atoms with Crippen molar-refractivity contribution in [2.24, 2.45) is 10.9 Å². The van der Waals surface area contributed by atoms with Gasteiger partial charge in [0.1, 0.15) is 0 Å². The first kappa shape index (κ1) is 20.2. The van der Waals surface area contributed by atoms with E-state index in [0.717, 1.165) is 57.9 Å². The number of hydrogen-bond acceptors (Lipinski definition) is 4. The second-order valence-corrected chi connectivity index (χ2v) is 7.87. The number of sulfonamides is 1. The van der Waals surface area contributed by atoms with Gasteiger partial charge in [0, 0.05) is 46.4 Å². The van der Waals surface area contributed by atoms with Crippen LogP contribution in [-0.4, -0.2) is 71.4 Å². The van der Waals surface area contributed by atoms with Crippen LogP contribution in [0.3, 0.4) is 0 Å². The predicted molar refractivity (Wildman–Crippen MR) is 94.2 cm³/mol. The lowest BCUT2D eigenvalue weighted by molar-refractivity contribution is 0.143. The number of nitrogens with one attached hydrogen (secondary N) is 2. The fourth-order valence-electron chi connectivity index (χ4n) is 2.59. The van der Waals surface area contributed by atoms with E-state index in [2.05, 4.69) is 15.6 Å². The van der Waals surface area contributed by atoms with Crippen LogP contribution in [0.15, 0.2) is 4.99 Å². The van der Waals surface area contributed by atoms with Gasteiger partial charge in [0.15, 0.2) is 5.96 Å². The molecule has 23 heavy (non-hydrogen) atoms. The summed E-state index contributed by atoms with van der Waals surface area (Å²) < 4.78 is 29.9. The molecule has 0 bridgehead atoms. The van der Waals surface area contributed by atoms with Crippen molar-refractivity contribution in [1.82, 2.24) is 14.9 Å². The molecule has 1 heterocycles. The van der Waals surface area contributed by atoms with Gasteiger partial charge >= 0.3 is 0 Å². The number of nitrogens with zero attached hydrogens (tertiary/aromatic N) is 2. The van der Waals surface area contributed by atoms with E-state index in [-0.39, 0.29) is 0 Å². The Balaban J connectivity index is 2.16. The van der Waals surface area contributed by atoms with Gasteiger partial charge in [0.05, 0.1) is 6.26 Å². The van der Waals surface area contributed by atoms with Gasteiger partial charge in [-0.15, -0.1) is 0 Å². The van der Waals surface area contributed by atoms with Crippen molar-refractivity contribution >= 4 is 16.0 Å². The fraction of sp³-hybridized carbons (Fsp3) is 0.933. The number of rotatable bonds is 9. The number of aliphatic imine (C=N–C) groups is 1. The lowest BCUT2D eigenvalue weighted by atomic mass is 9.98. The monoisotopic (exact) mass is 348 g/mol. The molecule has 0 aromatic heterocycles. The minimum absolute atomic E-state index is 0.490. The van der Waals surface area contributed by atoms with Gasteiger partial charge < -0.3 is 15.4 Å². The molecule has 2 N–H and O–H groups in total. The van der Waals surface area contributed by atoms with Gasteiger partial charge in [-0.3, -0.25) is 4.99 Å². The summed E-state index contributed by atoms with van der Waals surface area (Å²) in [6.07, 6.45) is 5.16. The molecule has 136 valence electrons. The topological polar surface area (TPSA) is 83.0 Å². The highest BCUT2D eigenvalue weighted by atomic mass is 32.2. The highest BCUT2D eigenvalue weighted by Crippen LogP contribution is 2.18. The van der Waals surface area contributed by atoms with Gasteiger partial charge in [0.25, 0.3) is 0 Å². The highest BCUT2D eigenvalue weighted by Gasteiger charge is 2.24. The third kappa shape index (κ3) is 8.53. The summed E-state index contributed by atoms with van der Waals surface area (Å²) in [5.74, 6) is 1.30. The first-order valence-electron chi connectivity index (χ1n) is 8.44. The summed E-state index contributed by atoms with van der Waals surface area (Å²) in [6.45, 7) is 6.53. The van der Waals surface area contributed by atoms with Crippen molar-refractivity contribution in [3.63, 3.8) is 0 Å². The number of hydrogen-bond donors (Lipinski definition) is 2. The maximum absolute atomic E-state index is 11.5. The molecule has 1 aliphatic heterocycles. The van der Waals surface area contributed by atoms with Crippen LogP contribution in [0.25, 0.3) is 0 Å². The maximum atomic E-state index is 11.5. The number of unbranched alkanes of at least 4 members (excludes halogenated alkanes) is 1. The van der Waals surface area contributed by atoms with Crippen LogP contribution in [0.1, 0.15) is 32.6 Å². The van der Waals surface area contributed by atoms with E-state index < -0.39 is 10.0 Å². The summed E-state index contributed by atoms with van der Waals surface area (Å²) in [6, 6.07) is 0. The number of guanidine groups is 1. The highest BCUT2D eigenvalue weighted by molar-refractivity contribution is 7.88. The van der Waals surface area contributed by atoms with E-state index in [4.69, 9.17) is 4.74 Å². The summed E-state index contributed by atoms with van der Waals surface area (Å²) in [7, 11) is -1.27. The zero-order valence-electron chi connectivity index (χ0n) is 14.7. The first-order chi connectivity index (χ1) is 11.0. The Kier molecular flexibility index (Phi) is 9.50. The molecule has 8 heteroatoms. The fourth-order valence-corrected chi connectivity index (χ4v) is 3.46. The van der Waals surface area contributed by atoms with Crippen LogP contribution in [0.2, 0.25) is 0 Å². The molecule has 0 atom stereocenters. The molecule has 0 aromatic rings. The summed E-state index contributed by atoms with van der Waals surface area (Å²) >= 11 is 0. The third-order valence-corrected chi connectivity index (χ3v) is 5.34. The molecular weight excluding hydrogens is 316 g/mol. The average molecular weight is 349 g/mol. The van der Waals surface area contributed by atoms with Crippen LogP contribution in [0, 0.1) is 5.92 Å². The van der Waals surface area contributed by atoms with Crippen molar-refractivity contribution in [3.05, 3.63) is 0 Å². The SMILES string of the molecule is CCOCCCCNC(=NC)NCC1CCN(S(C)(=O)=O)CC1. The van der Waals surface area contributed by atoms with Crippen molar-refractivity contribution in [2.45, 2.75) is 32.6 Å². The van der Waals surface area contributed by atoms with Crippen molar-refractivity contribution in [2.75, 3.05) is 52.7 Å². The normalized spacial score (nSPS) is 18.1. The van der Waals surface area contributed by atoms with E-state index in [1.54, 1.807) is 11.4 Å². The summed E-state index contributed by atoms with van der Waals surface area (Å²) in [5.41, 5.74) is 0. The molecule has 0 aliphatic carbocycles. The smallest absolute Gasteiger partial charge is 0.211 e. The molecule has 0 unspecified atom stereocenters.